The van der Waals surface area contributed by atoms with Crippen LogP contribution in [-0.4, -0.2) is 13.1 Å². The molecule has 1 rings (SSSR count). The molecule has 0 aromatic heterocycles. The molecule has 0 aliphatic carbocycles. The predicted octanol–water partition coefficient (Wildman–Crippen LogP) is 0.865. The van der Waals surface area contributed by atoms with Crippen molar-refractivity contribution in [3.05, 3.63) is 0 Å². The van der Waals surface area contributed by atoms with Gasteiger partial charge in [-0.3, -0.25) is 0 Å². The molecule has 0 saturated carbocycles. The summed E-state index contributed by atoms with van der Waals surface area (Å²) in [5.41, 5.74) is 0. The maximum atomic E-state index is 5.27. The minimum atomic E-state index is 0.458. The van der Waals surface area contributed by atoms with Gasteiger partial charge in [-0.2, -0.15) is 0 Å². The highest BCUT2D eigenvalue weighted by Crippen LogP contribution is 2.16. The fourth-order valence-electron chi connectivity index (χ4n) is 1.24. The zero-order chi connectivity index (χ0) is 6.69. The number of hydrogen-bond acceptors (Lipinski definition) is 1. The fourth-order valence-corrected chi connectivity index (χ4v) is 1.24. The highest BCUT2D eigenvalue weighted by Gasteiger charge is 2.18. The Kier molecular flexibility index (Phi) is 2.13. The van der Waals surface area contributed by atoms with E-state index < -0.39 is 0 Å². The molecule has 50 valence electrons. The molecule has 0 aromatic carbocycles. The van der Waals surface area contributed by atoms with Crippen molar-refractivity contribution in [2.75, 3.05) is 13.1 Å². The molecule has 0 radical (unpaired) electrons. The van der Waals surface area contributed by atoms with Crippen molar-refractivity contribution in [3.63, 3.8) is 0 Å². The van der Waals surface area contributed by atoms with E-state index in [4.69, 9.17) is 6.42 Å². The molecule has 1 saturated heterocycles. The first-order valence-electron chi connectivity index (χ1n) is 3.51. The van der Waals surface area contributed by atoms with E-state index in [0.29, 0.717) is 5.92 Å². The Balaban J connectivity index is 2.34. The quantitative estimate of drug-likeness (QED) is 0.510. The van der Waals surface area contributed by atoms with Gasteiger partial charge in [0.15, 0.2) is 0 Å². The molecule has 1 heteroatoms. The Hall–Kier alpha value is -0.480. The number of nitrogens with one attached hydrogen (secondary N) is 1. The molecule has 1 aliphatic heterocycles. The monoisotopic (exact) mass is 123 g/mol. The average Bonchev–Trinajstić information content (AvgIpc) is 2.37. The van der Waals surface area contributed by atoms with E-state index in [0.717, 1.165) is 19.0 Å². The lowest BCUT2D eigenvalue weighted by molar-refractivity contribution is 0.473. The summed E-state index contributed by atoms with van der Waals surface area (Å²) in [6.45, 7) is 4.39. The number of rotatable bonds is 1. The SMILES string of the molecule is C#CC(C)C1CCNC1. The maximum absolute atomic E-state index is 5.27. The number of hydrogen-bond donors (Lipinski definition) is 1. The third kappa shape index (κ3) is 1.46. The summed E-state index contributed by atoms with van der Waals surface area (Å²) in [6.07, 6.45) is 6.53. The van der Waals surface area contributed by atoms with Crippen molar-refractivity contribution in [3.8, 4) is 12.3 Å². The standard InChI is InChI=1S/C8H13N/c1-3-7(2)8-4-5-9-6-8/h1,7-9H,4-6H2,2H3. The Morgan fingerprint density at radius 3 is 3.00 bits per heavy atom. The zero-order valence-electron chi connectivity index (χ0n) is 5.85. The second-order valence-electron chi connectivity index (χ2n) is 2.71. The summed E-state index contributed by atoms with van der Waals surface area (Å²) in [7, 11) is 0. The van der Waals surface area contributed by atoms with Crippen molar-refractivity contribution >= 4 is 0 Å². The largest absolute Gasteiger partial charge is 0.316 e. The van der Waals surface area contributed by atoms with Gasteiger partial charge in [-0.15, -0.1) is 12.3 Å². The van der Waals surface area contributed by atoms with Gasteiger partial charge in [0.25, 0.3) is 0 Å². The first-order valence-corrected chi connectivity index (χ1v) is 3.51. The minimum absolute atomic E-state index is 0.458. The molecule has 0 spiro atoms. The lowest BCUT2D eigenvalue weighted by Gasteiger charge is -2.09. The van der Waals surface area contributed by atoms with Gasteiger partial charge in [0.1, 0.15) is 0 Å². The third-order valence-corrected chi connectivity index (χ3v) is 2.07. The summed E-state index contributed by atoms with van der Waals surface area (Å²) in [6, 6.07) is 0. The van der Waals surface area contributed by atoms with Crippen LogP contribution in [0.1, 0.15) is 13.3 Å². The van der Waals surface area contributed by atoms with Crippen LogP contribution in [0, 0.1) is 24.2 Å². The normalized spacial score (nSPS) is 29.6. The van der Waals surface area contributed by atoms with E-state index in [-0.39, 0.29) is 0 Å². The van der Waals surface area contributed by atoms with Gasteiger partial charge < -0.3 is 5.32 Å². The summed E-state index contributed by atoms with van der Waals surface area (Å²) >= 11 is 0. The summed E-state index contributed by atoms with van der Waals surface area (Å²) in [5, 5.41) is 3.29. The van der Waals surface area contributed by atoms with Gasteiger partial charge in [-0.1, -0.05) is 6.92 Å². The van der Waals surface area contributed by atoms with Gasteiger partial charge in [0.2, 0.25) is 0 Å². The molecule has 9 heavy (non-hydrogen) atoms. The summed E-state index contributed by atoms with van der Waals surface area (Å²) in [4.78, 5) is 0. The first-order chi connectivity index (χ1) is 4.34. The molecular weight excluding hydrogens is 110 g/mol. The van der Waals surface area contributed by atoms with E-state index in [1.165, 1.54) is 6.42 Å². The van der Waals surface area contributed by atoms with Crippen molar-refractivity contribution in [1.29, 1.82) is 0 Å². The van der Waals surface area contributed by atoms with Crippen molar-refractivity contribution in [2.24, 2.45) is 11.8 Å². The van der Waals surface area contributed by atoms with Crippen LogP contribution in [0.3, 0.4) is 0 Å². The van der Waals surface area contributed by atoms with Crippen LogP contribution in [-0.2, 0) is 0 Å². The zero-order valence-corrected chi connectivity index (χ0v) is 5.85. The Morgan fingerprint density at radius 2 is 2.56 bits per heavy atom. The summed E-state index contributed by atoms with van der Waals surface area (Å²) < 4.78 is 0. The van der Waals surface area contributed by atoms with Gasteiger partial charge in [0.05, 0.1) is 0 Å². The van der Waals surface area contributed by atoms with Gasteiger partial charge in [-0.05, 0) is 25.4 Å². The third-order valence-electron chi connectivity index (χ3n) is 2.07. The topological polar surface area (TPSA) is 12.0 Å². The van der Waals surface area contributed by atoms with E-state index in [1.807, 2.05) is 0 Å². The highest BCUT2D eigenvalue weighted by molar-refractivity contribution is 4.95. The molecule has 1 nitrogen and oxygen atoms in total. The lowest BCUT2D eigenvalue weighted by atomic mass is 9.94. The van der Waals surface area contributed by atoms with Crippen LogP contribution in [0.5, 0.6) is 0 Å². The van der Waals surface area contributed by atoms with Gasteiger partial charge >= 0.3 is 0 Å². The van der Waals surface area contributed by atoms with Crippen LogP contribution in [0.2, 0.25) is 0 Å². The maximum Gasteiger partial charge on any atom is 0.0212 e. The van der Waals surface area contributed by atoms with Crippen LogP contribution < -0.4 is 5.32 Å². The fraction of sp³-hybridized carbons (Fsp3) is 0.750. The predicted molar refractivity (Wildman–Crippen MR) is 39.0 cm³/mol. The van der Waals surface area contributed by atoms with Gasteiger partial charge in [0, 0.05) is 5.92 Å². The Labute approximate surface area is 56.8 Å². The molecule has 2 atom stereocenters. The molecular formula is C8H13N. The Bertz CT molecular complexity index is 117. The Morgan fingerprint density at radius 1 is 1.78 bits per heavy atom. The van der Waals surface area contributed by atoms with Crippen molar-refractivity contribution in [2.45, 2.75) is 13.3 Å². The smallest absolute Gasteiger partial charge is 0.0212 e. The molecule has 0 bridgehead atoms. The van der Waals surface area contributed by atoms with Crippen LogP contribution in [0.4, 0.5) is 0 Å². The first kappa shape index (κ1) is 6.64. The minimum Gasteiger partial charge on any atom is -0.316 e. The van der Waals surface area contributed by atoms with E-state index in [2.05, 4.69) is 18.2 Å². The van der Waals surface area contributed by atoms with Crippen molar-refractivity contribution in [1.82, 2.24) is 5.32 Å². The molecule has 1 N–H and O–H groups in total. The van der Waals surface area contributed by atoms with E-state index in [1.54, 1.807) is 0 Å². The lowest BCUT2D eigenvalue weighted by Crippen LogP contribution is -2.13. The molecule has 1 heterocycles. The molecule has 2 unspecified atom stereocenters. The molecule has 1 fully saturated rings. The van der Waals surface area contributed by atoms with Crippen LogP contribution in [0.15, 0.2) is 0 Å². The second kappa shape index (κ2) is 2.89. The second-order valence-corrected chi connectivity index (χ2v) is 2.71. The van der Waals surface area contributed by atoms with Gasteiger partial charge in [-0.25, -0.2) is 0 Å². The van der Waals surface area contributed by atoms with Crippen molar-refractivity contribution < 1.29 is 0 Å². The van der Waals surface area contributed by atoms with E-state index in [9.17, 15) is 0 Å². The average molecular weight is 123 g/mol. The van der Waals surface area contributed by atoms with E-state index >= 15 is 0 Å². The van der Waals surface area contributed by atoms with Crippen LogP contribution >= 0.6 is 0 Å². The number of terminal acetylenes is 1. The molecule has 0 aromatic rings. The highest BCUT2D eigenvalue weighted by atomic mass is 14.9. The molecule has 0 amide bonds. The molecule has 1 aliphatic rings. The van der Waals surface area contributed by atoms with Crippen LogP contribution in [0.25, 0.3) is 0 Å². The summed E-state index contributed by atoms with van der Waals surface area (Å²) in [5.74, 6) is 3.96.